The minimum atomic E-state index is -1.10. The van der Waals surface area contributed by atoms with Gasteiger partial charge in [-0.15, -0.1) is 0 Å². The number of carboxylic acid groups (broad SMARTS) is 1. The van der Waals surface area contributed by atoms with Crippen LogP contribution in [0.1, 0.15) is 16.3 Å². The summed E-state index contributed by atoms with van der Waals surface area (Å²) in [7, 11) is 0. The average Bonchev–Trinajstić information content (AvgIpc) is 2.87. The fourth-order valence-electron chi connectivity index (χ4n) is 2.09. The molecule has 0 saturated heterocycles. The summed E-state index contributed by atoms with van der Waals surface area (Å²) in [5.74, 6) is 0.0239. The van der Waals surface area contributed by atoms with Crippen LogP contribution in [0.15, 0.2) is 48.5 Å². The van der Waals surface area contributed by atoms with E-state index < -0.39 is 5.97 Å². The molecule has 3 rings (SSSR count). The monoisotopic (exact) mass is 302 g/mol. The Labute approximate surface area is 125 Å². The Morgan fingerprint density at radius 1 is 1.19 bits per heavy atom. The van der Waals surface area contributed by atoms with E-state index in [9.17, 15) is 9.90 Å². The fraction of sp³-hybridized carbons (Fsp3) is 0.0667. The Kier molecular flexibility index (Phi) is 3.50. The van der Waals surface area contributed by atoms with Gasteiger partial charge in [0, 0.05) is 0 Å². The van der Waals surface area contributed by atoms with Crippen LogP contribution < -0.4 is 4.74 Å². The summed E-state index contributed by atoms with van der Waals surface area (Å²) in [5, 5.41) is 9.60. The number of hydrogen-bond donors (Lipinski definition) is 1. The van der Waals surface area contributed by atoms with E-state index in [0.717, 1.165) is 0 Å². The molecular weight excluding hydrogens is 292 g/mol. The van der Waals surface area contributed by atoms with E-state index in [0.29, 0.717) is 22.2 Å². The number of imidazole rings is 1. The van der Waals surface area contributed by atoms with Crippen molar-refractivity contribution in [2.24, 2.45) is 0 Å². The molecule has 0 radical (unpaired) electrons. The number of benzene rings is 1. The molecule has 5 nitrogen and oxygen atoms in total. The first kappa shape index (κ1) is 13.5. The lowest BCUT2D eigenvalue weighted by atomic mass is 10.3. The second-order valence-corrected chi connectivity index (χ2v) is 4.74. The molecule has 21 heavy (non-hydrogen) atoms. The maximum Gasteiger partial charge on any atom is 0.356 e. The number of hydrogen-bond acceptors (Lipinski definition) is 3. The number of fused-ring (bicyclic) bond motifs is 1. The van der Waals surface area contributed by atoms with E-state index in [-0.39, 0.29) is 12.3 Å². The Balaban J connectivity index is 2.00. The lowest BCUT2D eigenvalue weighted by molar-refractivity contribution is 0.0693. The molecule has 0 amide bonds. The van der Waals surface area contributed by atoms with E-state index in [1.165, 1.54) is 0 Å². The molecule has 0 spiro atoms. The predicted octanol–water partition coefficient (Wildman–Crippen LogP) is 3.26. The van der Waals surface area contributed by atoms with Crippen LogP contribution in [0.25, 0.3) is 5.52 Å². The Hall–Kier alpha value is -2.53. The molecule has 106 valence electrons. The van der Waals surface area contributed by atoms with Gasteiger partial charge in [-0.1, -0.05) is 35.9 Å². The Morgan fingerprint density at radius 2 is 1.95 bits per heavy atom. The van der Waals surface area contributed by atoms with Gasteiger partial charge in [0.1, 0.15) is 17.5 Å². The second kappa shape index (κ2) is 5.46. The number of aromatic nitrogens is 2. The van der Waals surface area contributed by atoms with Crippen LogP contribution in [0.4, 0.5) is 0 Å². The molecule has 0 fully saturated rings. The molecule has 6 heteroatoms. The van der Waals surface area contributed by atoms with Crippen molar-refractivity contribution in [2.75, 3.05) is 0 Å². The first-order valence-electron chi connectivity index (χ1n) is 6.24. The average molecular weight is 303 g/mol. The van der Waals surface area contributed by atoms with Crippen LogP contribution >= 0.6 is 11.6 Å². The predicted molar refractivity (Wildman–Crippen MR) is 77.9 cm³/mol. The summed E-state index contributed by atoms with van der Waals surface area (Å²) in [4.78, 5) is 15.4. The van der Waals surface area contributed by atoms with Crippen molar-refractivity contribution in [1.82, 2.24) is 9.38 Å². The molecule has 0 unspecified atom stereocenters. The molecule has 1 N–H and O–H groups in total. The molecule has 2 heterocycles. The number of rotatable bonds is 4. The highest BCUT2D eigenvalue weighted by Crippen LogP contribution is 2.21. The summed E-state index contributed by atoms with van der Waals surface area (Å²) in [6.45, 7) is 0.127. The van der Waals surface area contributed by atoms with Gasteiger partial charge in [0.15, 0.2) is 11.5 Å². The lowest BCUT2D eigenvalue weighted by Crippen LogP contribution is -2.02. The number of ether oxygens (including phenoxy) is 1. The van der Waals surface area contributed by atoms with Gasteiger partial charge in [-0.05, 0) is 24.3 Å². The van der Waals surface area contributed by atoms with Crippen LogP contribution in [0.2, 0.25) is 5.15 Å². The number of pyridine rings is 1. The van der Waals surface area contributed by atoms with Crippen molar-refractivity contribution in [2.45, 2.75) is 6.61 Å². The van der Waals surface area contributed by atoms with Crippen LogP contribution in [-0.4, -0.2) is 20.5 Å². The minimum absolute atomic E-state index is 0.0378. The molecule has 0 aliphatic rings. The summed E-state index contributed by atoms with van der Waals surface area (Å²) in [5.41, 5.74) is 0.408. The zero-order valence-electron chi connectivity index (χ0n) is 10.9. The molecule has 3 aromatic rings. The number of carboxylic acids is 1. The normalized spacial score (nSPS) is 10.7. The second-order valence-electron chi connectivity index (χ2n) is 4.35. The number of nitrogens with zero attached hydrogens (tertiary/aromatic N) is 2. The lowest BCUT2D eigenvalue weighted by Gasteiger charge is -2.06. The molecule has 0 bridgehead atoms. The molecule has 0 saturated carbocycles. The first-order chi connectivity index (χ1) is 10.2. The molecule has 1 aromatic carbocycles. The summed E-state index contributed by atoms with van der Waals surface area (Å²) < 4.78 is 7.19. The van der Waals surface area contributed by atoms with Gasteiger partial charge < -0.3 is 9.84 Å². The molecule has 2 aromatic heterocycles. The quantitative estimate of drug-likeness (QED) is 0.751. The number of carbonyl (C=O) groups is 1. The minimum Gasteiger partial charge on any atom is -0.486 e. The SMILES string of the molecule is O=C(O)c1nc(COc2ccccc2)n2c(Cl)cccc12. The van der Waals surface area contributed by atoms with Gasteiger partial charge in [0.25, 0.3) is 0 Å². The van der Waals surface area contributed by atoms with Crippen molar-refractivity contribution in [3.8, 4) is 5.75 Å². The number of halogens is 1. The van der Waals surface area contributed by atoms with E-state index in [2.05, 4.69) is 4.98 Å². The van der Waals surface area contributed by atoms with Crippen molar-refractivity contribution in [3.63, 3.8) is 0 Å². The zero-order chi connectivity index (χ0) is 14.8. The van der Waals surface area contributed by atoms with Gasteiger partial charge in [0.2, 0.25) is 0 Å². The molecule has 0 aliphatic heterocycles. The van der Waals surface area contributed by atoms with Gasteiger partial charge in [-0.3, -0.25) is 4.40 Å². The van der Waals surface area contributed by atoms with Gasteiger partial charge in [-0.25, -0.2) is 9.78 Å². The van der Waals surface area contributed by atoms with E-state index in [1.54, 1.807) is 22.6 Å². The maximum atomic E-state index is 11.3. The third kappa shape index (κ3) is 2.55. The van der Waals surface area contributed by atoms with Crippen molar-refractivity contribution in [3.05, 3.63) is 65.2 Å². The third-order valence-corrected chi connectivity index (χ3v) is 3.29. The van der Waals surface area contributed by atoms with Gasteiger partial charge >= 0.3 is 5.97 Å². The largest absolute Gasteiger partial charge is 0.486 e. The van der Waals surface area contributed by atoms with Crippen molar-refractivity contribution >= 4 is 23.1 Å². The zero-order valence-corrected chi connectivity index (χ0v) is 11.6. The van der Waals surface area contributed by atoms with Crippen LogP contribution in [0.5, 0.6) is 5.75 Å². The highest BCUT2D eigenvalue weighted by molar-refractivity contribution is 6.29. The topological polar surface area (TPSA) is 63.8 Å². The van der Waals surface area contributed by atoms with Crippen LogP contribution in [0, 0.1) is 0 Å². The number of aromatic carboxylic acids is 1. The third-order valence-electron chi connectivity index (χ3n) is 3.00. The van der Waals surface area contributed by atoms with E-state index >= 15 is 0 Å². The number of para-hydroxylation sites is 1. The molecule has 0 atom stereocenters. The van der Waals surface area contributed by atoms with Gasteiger partial charge in [0.05, 0.1) is 5.52 Å². The molecular formula is C15H11ClN2O3. The standard InChI is InChI=1S/C15H11ClN2O3/c16-12-8-4-7-11-14(15(19)20)17-13(18(11)12)9-21-10-5-2-1-3-6-10/h1-8H,9H2,(H,19,20). The highest BCUT2D eigenvalue weighted by Gasteiger charge is 2.18. The van der Waals surface area contributed by atoms with Gasteiger partial charge in [-0.2, -0.15) is 0 Å². The first-order valence-corrected chi connectivity index (χ1v) is 6.61. The summed E-state index contributed by atoms with van der Waals surface area (Å²) in [6, 6.07) is 14.3. The maximum absolute atomic E-state index is 11.3. The van der Waals surface area contributed by atoms with E-state index in [1.807, 2.05) is 30.3 Å². The van der Waals surface area contributed by atoms with Crippen LogP contribution in [-0.2, 0) is 6.61 Å². The fourth-order valence-corrected chi connectivity index (χ4v) is 2.35. The molecule has 0 aliphatic carbocycles. The Bertz CT molecular complexity index is 799. The van der Waals surface area contributed by atoms with Crippen molar-refractivity contribution in [1.29, 1.82) is 0 Å². The van der Waals surface area contributed by atoms with Crippen LogP contribution in [0.3, 0.4) is 0 Å². The summed E-state index contributed by atoms with van der Waals surface area (Å²) >= 11 is 6.14. The van der Waals surface area contributed by atoms with E-state index in [4.69, 9.17) is 16.3 Å². The highest BCUT2D eigenvalue weighted by atomic mass is 35.5. The Morgan fingerprint density at radius 3 is 2.67 bits per heavy atom. The summed E-state index contributed by atoms with van der Waals surface area (Å²) in [6.07, 6.45) is 0. The smallest absolute Gasteiger partial charge is 0.356 e. The van der Waals surface area contributed by atoms with Crippen molar-refractivity contribution < 1.29 is 14.6 Å².